The molecule has 3 aromatic rings. The first kappa shape index (κ1) is 33.2. The predicted molar refractivity (Wildman–Crippen MR) is 161 cm³/mol. The second-order valence-electron chi connectivity index (χ2n) is 9.97. The molecule has 0 radical (unpaired) electrons. The molecule has 232 valence electrons. The number of halogens is 1. The van der Waals surface area contributed by atoms with Crippen molar-refractivity contribution in [2.75, 3.05) is 32.2 Å². The molecule has 2 amide bonds. The van der Waals surface area contributed by atoms with Gasteiger partial charge in [0, 0.05) is 18.7 Å². The molecule has 0 aliphatic rings. The highest BCUT2D eigenvalue weighted by atomic mass is 32.2. The number of ether oxygens (including phenoxy) is 3. The van der Waals surface area contributed by atoms with Gasteiger partial charge in [-0.3, -0.25) is 13.9 Å². The molecule has 43 heavy (non-hydrogen) atoms. The second kappa shape index (κ2) is 14.7. The lowest BCUT2D eigenvalue weighted by Gasteiger charge is -2.33. The smallest absolute Gasteiger partial charge is 0.264 e. The van der Waals surface area contributed by atoms with Crippen LogP contribution in [0.2, 0.25) is 0 Å². The second-order valence-corrected chi connectivity index (χ2v) is 11.8. The Bertz CT molecular complexity index is 1510. The van der Waals surface area contributed by atoms with Crippen LogP contribution in [0.15, 0.2) is 71.6 Å². The van der Waals surface area contributed by atoms with Gasteiger partial charge in [-0.15, -0.1) is 0 Å². The summed E-state index contributed by atoms with van der Waals surface area (Å²) in [6, 6.07) is 14.8. The highest BCUT2D eigenvalue weighted by Gasteiger charge is 2.34. The number of nitrogens with one attached hydrogen (secondary N) is 1. The first-order valence-electron chi connectivity index (χ1n) is 13.7. The summed E-state index contributed by atoms with van der Waals surface area (Å²) in [7, 11) is -0.0840. The predicted octanol–water partition coefficient (Wildman–Crippen LogP) is 4.38. The molecular weight excluding hydrogens is 577 g/mol. The van der Waals surface area contributed by atoms with Gasteiger partial charge < -0.3 is 24.4 Å². The third kappa shape index (κ3) is 8.16. The van der Waals surface area contributed by atoms with E-state index < -0.39 is 34.3 Å². The van der Waals surface area contributed by atoms with Crippen LogP contribution in [0, 0.1) is 5.82 Å². The van der Waals surface area contributed by atoms with E-state index >= 15 is 0 Å². The van der Waals surface area contributed by atoms with Crippen LogP contribution in [-0.4, -0.2) is 65.1 Å². The van der Waals surface area contributed by atoms with Crippen LogP contribution >= 0.6 is 0 Å². The third-order valence-electron chi connectivity index (χ3n) is 6.64. The number of nitrogens with zero attached hydrogens (tertiary/aromatic N) is 2. The molecule has 0 aromatic heterocycles. The lowest BCUT2D eigenvalue weighted by atomic mass is 10.1. The minimum atomic E-state index is -4.40. The Kier molecular flexibility index (Phi) is 11.4. The number of benzene rings is 3. The molecule has 0 aliphatic carbocycles. The fourth-order valence-corrected chi connectivity index (χ4v) is 5.94. The molecule has 0 heterocycles. The van der Waals surface area contributed by atoms with Crippen molar-refractivity contribution in [3.05, 3.63) is 78.1 Å². The van der Waals surface area contributed by atoms with Gasteiger partial charge in [-0.2, -0.15) is 0 Å². The average molecular weight is 616 g/mol. The molecule has 0 unspecified atom stereocenters. The lowest BCUT2D eigenvalue weighted by molar-refractivity contribution is -0.140. The number of carbonyl (C=O) groups is 2. The summed E-state index contributed by atoms with van der Waals surface area (Å²) < 4.78 is 58.8. The molecule has 0 saturated carbocycles. The minimum absolute atomic E-state index is 0.00766. The molecule has 3 rings (SSSR count). The molecule has 0 aliphatic heterocycles. The third-order valence-corrected chi connectivity index (χ3v) is 8.41. The van der Waals surface area contributed by atoms with Crippen molar-refractivity contribution in [2.45, 2.75) is 50.7 Å². The van der Waals surface area contributed by atoms with Crippen molar-refractivity contribution in [1.82, 2.24) is 10.2 Å². The number of rotatable bonds is 14. The monoisotopic (exact) mass is 615 g/mol. The highest BCUT2D eigenvalue weighted by molar-refractivity contribution is 7.92. The van der Waals surface area contributed by atoms with Gasteiger partial charge in [0.05, 0.1) is 31.9 Å². The summed E-state index contributed by atoms with van der Waals surface area (Å²) in [5.74, 6) is -0.530. The van der Waals surface area contributed by atoms with Gasteiger partial charge in [0.15, 0.2) is 11.5 Å². The first-order chi connectivity index (χ1) is 20.4. The Hall–Kier alpha value is -4.32. The summed E-state index contributed by atoms with van der Waals surface area (Å²) >= 11 is 0. The zero-order valence-electron chi connectivity index (χ0n) is 25.2. The number of anilines is 1. The molecule has 12 heteroatoms. The zero-order chi connectivity index (χ0) is 31.7. The number of hydrogen-bond acceptors (Lipinski definition) is 7. The van der Waals surface area contributed by atoms with Crippen LogP contribution in [0.4, 0.5) is 10.1 Å². The van der Waals surface area contributed by atoms with Crippen molar-refractivity contribution < 1.29 is 36.6 Å². The summed E-state index contributed by atoms with van der Waals surface area (Å²) in [6.07, 6.45) is 0.271. The van der Waals surface area contributed by atoms with E-state index in [1.165, 1.54) is 56.6 Å². The Morgan fingerprint density at radius 1 is 0.907 bits per heavy atom. The molecule has 3 aromatic carbocycles. The Morgan fingerprint density at radius 2 is 1.58 bits per heavy atom. The Balaban J connectivity index is 2.11. The molecule has 10 nitrogen and oxygen atoms in total. The van der Waals surface area contributed by atoms with E-state index in [0.29, 0.717) is 17.1 Å². The average Bonchev–Trinajstić information content (AvgIpc) is 2.99. The number of hydrogen-bond donors (Lipinski definition) is 1. The van der Waals surface area contributed by atoms with Crippen molar-refractivity contribution in [2.24, 2.45) is 0 Å². The quantitative estimate of drug-likeness (QED) is 0.286. The molecule has 1 N–H and O–H groups in total. The first-order valence-corrected chi connectivity index (χ1v) is 15.1. The maximum absolute atomic E-state index is 14.1. The molecule has 0 saturated heterocycles. The fraction of sp³-hybridized carbons (Fsp3) is 0.355. The van der Waals surface area contributed by atoms with E-state index in [2.05, 4.69) is 5.32 Å². The number of carbonyl (C=O) groups excluding carboxylic acids is 2. The Morgan fingerprint density at radius 3 is 2.16 bits per heavy atom. The molecule has 0 spiro atoms. The number of methoxy groups -OCH3 is 3. The van der Waals surface area contributed by atoms with E-state index in [-0.39, 0.29) is 41.2 Å². The standard InChI is InChI=1S/C31H38FN3O7S/c1-7-27(31(37)33-21(2)3)34(19-22-9-8-10-25(17-22)40-4)30(36)20-35(24-13-11-23(32)12-14-24)43(38,39)26-15-16-28(41-5)29(18-26)42-6/h8-18,21,27H,7,19-20H2,1-6H3,(H,33,37)/t27-/m1/s1. The van der Waals surface area contributed by atoms with E-state index in [4.69, 9.17) is 14.2 Å². The fourth-order valence-electron chi connectivity index (χ4n) is 4.51. The summed E-state index contributed by atoms with van der Waals surface area (Å²) in [4.78, 5) is 28.6. The van der Waals surface area contributed by atoms with Gasteiger partial charge in [0.25, 0.3) is 10.0 Å². The van der Waals surface area contributed by atoms with E-state index in [9.17, 15) is 22.4 Å². The van der Waals surface area contributed by atoms with Gasteiger partial charge in [0.1, 0.15) is 24.2 Å². The number of sulfonamides is 1. The van der Waals surface area contributed by atoms with Crippen LogP contribution in [0.3, 0.4) is 0 Å². The molecule has 1 atom stereocenters. The maximum Gasteiger partial charge on any atom is 0.264 e. The highest BCUT2D eigenvalue weighted by Crippen LogP contribution is 2.32. The van der Waals surface area contributed by atoms with Crippen LogP contribution in [0.25, 0.3) is 0 Å². The van der Waals surface area contributed by atoms with Crippen LogP contribution in [0.5, 0.6) is 17.2 Å². The van der Waals surface area contributed by atoms with Crippen LogP contribution in [-0.2, 0) is 26.2 Å². The summed E-state index contributed by atoms with van der Waals surface area (Å²) in [6.45, 7) is 4.73. The van der Waals surface area contributed by atoms with E-state index in [1.807, 2.05) is 13.8 Å². The van der Waals surface area contributed by atoms with Crippen molar-refractivity contribution >= 4 is 27.5 Å². The minimum Gasteiger partial charge on any atom is -0.497 e. The van der Waals surface area contributed by atoms with Crippen molar-refractivity contribution in [1.29, 1.82) is 0 Å². The Labute approximate surface area is 252 Å². The molecular formula is C31H38FN3O7S. The normalized spacial score (nSPS) is 11.9. The lowest BCUT2D eigenvalue weighted by Crippen LogP contribution is -2.53. The van der Waals surface area contributed by atoms with Gasteiger partial charge in [-0.05, 0) is 74.4 Å². The van der Waals surface area contributed by atoms with Gasteiger partial charge in [-0.1, -0.05) is 19.1 Å². The van der Waals surface area contributed by atoms with Crippen LogP contribution in [0.1, 0.15) is 32.8 Å². The van der Waals surface area contributed by atoms with Crippen molar-refractivity contribution in [3.8, 4) is 17.2 Å². The number of amides is 2. The van der Waals surface area contributed by atoms with Crippen LogP contribution < -0.4 is 23.8 Å². The zero-order valence-corrected chi connectivity index (χ0v) is 26.0. The van der Waals surface area contributed by atoms with E-state index in [0.717, 1.165) is 16.4 Å². The summed E-state index contributed by atoms with van der Waals surface area (Å²) in [5, 5.41) is 2.85. The largest absolute Gasteiger partial charge is 0.497 e. The molecule has 0 bridgehead atoms. The topological polar surface area (TPSA) is 114 Å². The summed E-state index contributed by atoms with van der Waals surface area (Å²) in [5.41, 5.74) is 0.741. The van der Waals surface area contributed by atoms with Gasteiger partial charge in [0.2, 0.25) is 11.8 Å². The van der Waals surface area contributed by atoms with E-state index in [1.54, 1.807) is 31.2 Å². The SMILES string of the molecule is CC[C@H](C(=O)NC(C)C)N(Cc1cccc(OC)c1)C(=O)CN(c1ccc(F)cc1)S(=O)(=O)c1ccc(OC)c(OC)c1. The molecule has 0 fully saturated rings. The van der Waals surface area contributed by atoms with Gasteiger partial charge >= 0.3 is 0 Å². The maximum atomic E-state index is 14.1. The van der Waals surface area contributed by atoms with Gasteiger partial charge in [-0.25, -0.2) is 12.8 Å². The van der Waals surface area contributed by atoms with Crippen molar-refractivity contribution in [3.63, 3.8) is 0 Å².